The van der Waals surface area contributed by atoms with E-state index in [1.54, 1.807) is 0 Å². The van der Waals surface area contributed by atoms with Crippen molar-refractivity contribution in [3.63, 3.8) is 0 Å². The average Bonchev–Trinajstić information content (AvgIpc) is 2.46. The normalized spacial score (nSPS) is 13.0. The molecule has 0 saturated heterocycles. The highest BCUT2D eigenvalue weighted by molar-refractivity contribution is 5.79. The number of rotatable bonds is 12. The second kappa shape index (κ2) is 10.6. The Morgan fingerprint density at radius 1 is 1.14 bits per heavy atom. The first-order valence-corrected chi connectivity index (χ1v) is 8.15. The molecule has 124 valence electrons. The minimum Gasteiger partial charge on any atom is -0.481 e. The van der Waals surface area contributed by atoms with Gasteiger partial charge in [0.15, 0.2) is 0 Å². The zero-order valence-electron chi connectivity index (χ0n) is 13.8. The summed E-state index contributed by atoms with van der Waals surface area (Å²) in [6, 6.07) is 0. The van der Waals surface area contributed by atoms with Crippen LogP contribution in [0.5, 0.6) is 0 Å². The first kappa shape index (κ1) is 19.9. The van der Waals surface area contributed by atoms with Gasteiger partial charge in [-0.05, 0) is 38.1 Å². The minimum atomic E-state index is -0.838. The zero-order chi connectivity index (χ0) is 16.3. The summed E-state index contributed by atoms with van der Waals surface area (Å²) in [5, 5.41) is 12.1. The number of carbonyl (C=O) groups is 2. The second-order valence-corrected chi connectivity index (χ2v) is 5.84. The van der Waals surface area contributed by atoms with Crippen molar-refractivity contribution < 1.29 is 14.7 Å². The summed E-state index contributed by atoms with van der Waals surface area (Å²) in [5.41, 5.74) is 4.75. The molecule has 0 radical (unpaired) electrons. The van der Waals surface area contributed by atoms with Crippen molar-refractivity contribution >= 4 is 11.9 Å². The molecule has 5 nitrogen and oxygen atoms in total. The van der Waals surface area contributed by atoms with E-state index in [2.05, 4.69) is 12.2 Å². The summed E-state index contributed by atoms with van der Waals surface area (Å²) in [4.78, 5) is 23.3. The summed E-state index contributed by atoms with van der Waals surface area (Å²) in [5.74, 6) is -0.396. The van der Waals surface area contributed by atoms with Gasteiger partial charge in [0, 0.05) is 13.0 Å². The maximum atomic E-state index is 11.9. The molecule has 4 N–H and O–H groups in total. The molecule has 0 spiro atoms. The van der Waals surface area contributed by atoms with Crippen LogP contribution in [0.4, 0.5) is 0 Å². The van der Waals surface area contributed by atoms with E-state index in [9.17, 15) is 14.7 Å². The maximum absolute atomic E-state index is 11.9. The monoisotopic (exact) mass is 300 g/mol. The van der Waals surface area contributed by atoms with Gasteiger partial charge in [0.2, 0.25) is 5.91 Å². The van der Waals surface area contributed by atoms with Crippen LogP contribution in [0.15, 0.2) is 0 Å². The van der Waals surface area contributed by atoms with Gasteiger partial charge in [-0.2, -0.15) is 0 Å². The molecule has 0 aliphatic heterocycles. The van der Waals surface area contributed by atoms with Crippen molar-refractivity contribution in [3.8, 4) is 0 Å². The smallest absolute Gasteiger partial charge is 0.311 e. The van der Waals surface area contributed by atoms with Gasteiger partial charge in [0.25, 0.3) is 0 Å². The molecule has 1 atom stereocenters. The number of carboxylic acid groups (broad SMARTS) is 1. The third-order valence-corrected chi connectivity index (χ3v) is 4.48. The highest BCUT2D eigenvalue weighted by atomic mass is 16.4. The van der Waals surface area contributed by atoms with E-state index in [1.807, 2.05) is 13.8 Å². The zero-order valence-corrected chi connectivity index (χ0v) is 13.8. The summed E-state index contributed by atoms with van der Waals surface area (Å²) in [6.45, 7) is 6.70. The Bertz CT molecular complexity index is 309. The number of hydrogen-bond donors (Lipinski definition) is 3. The lowest BCUT2D eigenvalue weighted by atomic mass is 9.82. The van der Waals surface area contributed by atoms with E-state index in [0.29, 0.717) is 31.7 Å². The van der Waals surface area contributed by atoms with Gasteiger partial charge >= 0.3 is 5.97 Å². The first-order chi connectivity index (χ1) is 9.95. The lowest BCUT2D eigenvalue weighted by Gasteiger charge is -2.27. The second-order valence-electron chi connectivity index (χ2n) is 5.84. The fourth-order valence-electron chi connectivity index (χ4n) is 2.65. The van der Waals surface area contributed by atoms with Crippen LogP contribution in [0.1, 0.15) is 65.7 Å². The molecule has 0 rings (SSSR count). The van der Waals surface area contributed by atoms with Gasteiger partial charge in [-0.15, -0.1) is 0 Å². The Kier molecular flexibility index (Phi) is 10.0. The predicted octanol–water partition coefficient (Wildman–Crippen LogP) is 2.54. The third kappa shape index (κ3) is 6.93. The lowest BCUT2D eigenvalue weighted by molar-refractivity contribution is -0.149. The third-order valence-electron chi connectivity index (χ3n) is 4.48. The van der Waals surface area contributed by atoms with Gasteiger partial charge < -0.3 is 16.2 Å². The highest BCUT2D eigenvalue weighted by Crippen LogP contribution is 2.25. The van der Waals surface area contributed by atoms with E-state index < -0.39 is 11.4 Å². The van der Waals surface area contributed by atoms with E-state index in [-0.39, 0.29) is 12.5 Å². The Balaban J connectivity index is 4.27. The summed E-state index contributed by atoms with van der Waals surface area (Å²) < 4.78 is 0. The highest BCUT2D eigenvalue weighted by Gasteiger charge is 2.35. The molecule has 0 aromatic heterocycles. The van der Waals surface area contributed by atoms with Crippen LogP contribution in [0.2, 0.25) is 0 Å². The van der Waals surface area contributed by atoms with Gasteiger partial charge in [0.1, 0.15) is 0 Å². The average molecular weight is 300 g/mol. The van der Waals surface area contributed by atoms with E-state index in [0.717, 1.165) is 25.7 Å². The van der Waals surface area contributed by atoms with Crippen LogP contribution in [-0.4, -0.2) is 30.1 Å². The molecule has 0 aliphatic carbocycles. The fraction of sp³-hybridized carbons (Fsp3) is 0.875. The van der Waals surface area contributed by atoms with Crippen LogP contribution in [0.3, 0.4) is 0 Å². The molecule has 0 aromatic rings. The number of carboxylic acids is 1. The number of nitrogens with one attached hydrogen (secondary N) is 1. The van der Waals surface area contributed by atoms with Crippen LogP contribution < -0.4 is 11.1 Å². The van der Waals surface area contributed by atoms with Gasteiger partial charge in [-0.1, -0.05) is 33.6 Å². The van der Waals surface area contributed by atoms with Crippen molar-refractivity contribution in [1.82, 2.24) is 5.32 Å². The van der Waals surface area contributed by atoms with Crippen molar-refractivity contribution in [2.75, 3.05) is 13.1 Å². The van der Waals surface area contributed by atoms with Gasteiger partial charge in [-0.3, -0.25) is 9.59 Å². The molecule has 0 bridgehead atoms. The van der Waals surface area contributed by atoms with E-state index in [4.69, 9.17) is 5.73 Å². The summed E-state index contributed by atoms with van der Waals surface area (Å²) in [7, 11) is 0. The maximum Gasteiger partial charge on any atom is 0.311 e. The Labute approximate surface area is 128 Å². The molecule has 21 heavy (non-hydrogen) atoms. The first-order valence-electron chi connectivity index (χ1n) is 8.15. The van der Waals surface area contributed by atoms with E-state index >= 15 is 0 Å². The van der Waals surface area contributed by atoms with Crippen LogP contribution in [0, 0.1) is 11.3 Å². The molecule has 0 heterocycles. The van der Waals surface area contributed by atoms with Gasteiger partial charge in [-0.25, -0.2) is 0 Å². The standard InChI is InChI=1S/C16H32N2O3/c1-4-7-13(10-11-17)8-9-14(19)18-12-16(5-2,6-3)15(20)21/h13H,4-12,17H2,1-3H3,(H,18,19)(H,20,21). The number of hydrogen-bond acceptors (Lipinski definition) is 3. The number of aliphatic carboxylic acids is 1. The molecule has 1 amide bonds. The van der Waals surface area contributed by atoms with Crippen LogP contribution >= 0.6 is 0 Å². The Morgan fingerprint density at radius 3 is 2.19 bits per heavy atom. The number of nitrogens with two attached hydrogens (primary N) is 1. The quantitative estimate of drug-likeness (QED) is 0.516. The van der Waals surface area contributed by atoms with Crippen molar-refractivity contribution in [2.45, 2.75) is 65.7 Å². The topological polar surface area (TPSA) is 92.4 Å². The minimum absolute atomic E-state index is 0.0550. The predicted molar refractivity (Wildman–Crippen MR) is 85.0 cm³/mol. The molecule has 0 fully saturated rings. The molecular weight excluding hydrogens is 268 g/mol. The fourth-order valence-corrected chi connectivity index (χ4v) is 2.65. The molecule has 0 aliphatic rings. The summed E-state index contributed by atoms with van der Waals surface area (Å²) >= 11 is 0. The number of carbonyl (C=O) groups excluding carboxylic acids is 1. The number of amides is 1. The molecule has 0 saturated carbocycles. The lowest BCUT2D eigenvalue weighted by Crippen LogP contribution is -2.42. The van der Waals surface area contributed by atoms with Crippen molar-refractivity contribution in [3.05, 3.63) is 0 Å². The summed E-state index contributed by atoms with van der Waals surface area (Å²) in [6.07, 6.45) is 5.45. The SMILES string of the molecule is CCCC(CCN)CCC(=O)NCC(CC)(CC)C(=O)O. The van der Waals surface area contributed by atoms with Crippen molar-refractivity contribution in [1.29, 1.82) is 0 Å². The molecule has 0 aromatic carbocycles. The van der Waals surface area contributed by atoms with Crippen molar-refractivity contribution in [2.24, 2.45) is 17.1 Å². The van der Waals surface area contributed by atoms with E-state index in [1.165, 1.54) is 0 Å². The van der Waals surface area contributed by atoms with Crippen LogP contribution in [-0.2, 0) is 9.59 Å². The Morgan fingerprint density at radius 2 is 1.76 bits per heavy atom. The molecule has 5 heteroatoms. The molecular formula is C16H32N2O3. The molecule has 1 unspecified atom stereocenters. The van der Waals surface area contributed by atoms with Crippen LogP contribution in [0.25, 0.3) is 0 Å². The van der Waals surface area contributed by atoms with Gasteiger partial charge in [0.05, 0.1) is 5.41 Å². The largest absolute Gasteiger partial charge is 0.481 e. The Hall–Kier alpha value is -1.10.